The van der Waals surface area contributed by atoms with E-state index in [1.807, 2.05) is 0 Å². The summed E-state index contributed by atoms with van der Waals surface area (Å²) < 4.78 is 12.5. The molecule has 1 aromatic carbocycles. The van der Waals surface area contributed by atoms with Crippen LogP contribution in [0.15, 0.2) is 18.2 Å². The Morgan fingerprint density at radius 2 is 2.10 bits per heavy atom. The molecule has 2 amide bonds. The van der Waals surface area contributed by atoms with E-state index in [1.165, 1.54) is 12.1 Å². The van der Waals surface area contributed by atoms with E-state index in [0.717, 1.165) is 12.3 Å². The van der Waals surface area contributed by atoms with Crippen molar-refractivity contribution in [3.8, 4) is 0 Å². The molecule has 21 heavy (non-hydrogen) atoms. The van der Waals surface area contributed by atoms with Gasteiger partial charge in [-0.05, 0) is 31.7 Å². The molecule has 1 saturated heterocycles. The van der Waals surface area contributed by atoms with Crippen molar-refractivity contribution in [2.24, 2.45) is 0 Å². The molecular formula is C14H16FN3O3. The molecule has 7 heteroatoms. The number of halogens is 1. The molecule has 1 atom stereocenters. The van der Waals surface area contributed by atoms with Crippen molar-refractivity contribution in [3.05, 3.63) is 35.1 Å². The minimum atomic E-state index is -0.436. The molecule has 1 aliphatic rings. The lowest BCUT2D eigenvalue weighted by Gasteiger charge is -2.19. The van der Waals surface area contributed by atoms with E-state index in [0.29, 0.717) is 30.3 Å². The van der Waals surface area contributed by atoms with E-state index in [4.69, 9.17) is 5.41 Å². The third-order valence-corrected chi connectivity index (χ3v) is 2.92. The number of hydrogen-bond donors (Lipinski definition) is 3. The number of aldehydes is 1. The highest BCUT2D eigenvalue weighted by molar-refractivity contribution is 6.00. The van der Waals surface area contributed by atoms with Crippen molar-refractivity contribution in [2.45, 2.75) is 18.9 Å². The Balaban J connectivity index is 0.000000211. The van der Waals surface area contributed by atoms with Crippen LogP contribution < -0.4 is 10.6 Å². The average molecular weight is 293 g/mol. The summed E-state index contributed by atoms with van der Waals surface area (Å²) in [7, 11) is 1.71. The molecule has 0 spiro atoms. The van der Waals surface area contributed by atoms with Gasteiger partial charge < -0.3 is 10.7 Å². The summed E-state index contributed by atoms with van der Waals surface area (Å²) in [5, 5.41) is 11.9. The second-order valence-electron chi connectivity index (χ2n) is 4.33. The second-order valence-corrected chi connectivity index (χ2v) is 4.33. The van der Waals surface area contributed by atoms with Gasteiger partial charge in [0, 0.05) is 23.8 Å². The van der Waals surface area contributed by atoms with Crippen LogP contribution in [-0.4, -0.2) is 37.4 Å². The van der Waals surface area contributed by atoms with E-state index < -0.39 is 5.82 Å². The summed E-state index contributed by atoms with van der Waals surface area (Å²) in [6.45, 7) is 0. The van der Waals surface area contributed by atoms with Crippen LogP contribution in [0.2, 0.25) is 0 Å². The molecule has 0 aliphatic carbocycles. The summed E-state index contributed by atoms with van der Waals surface area (Å²) in [5.41, 5.74) is 0.640. The van der Waals surface area contributed by atoms with Crippen LogP contribution in [0.4, 0.5) is 4.39 Å². The first-order chi connectivity index (χ1) is 10.0. The fourth-order valence-corrected chi connectivity index (χ4v) is 1.75. The number of benzene rings is 1. The van der Waals surface area contributed by atoms with Crippen molar-refractivity contribution in [3.63, 3.8) is 0 Å². The molecule has 1 heterocycles. The molecule has 1 aliphatic heterocycles. The normalized spacial score (nSPS) is 17.3. The van der Waals surface area contributed by atoms with Crippen molar-refractivity contribution in [2.75, 3.05) is 7.05 Å². The summed E-state index contributed by atoms with van der Waals surface area (Å²) in [6.07, 6.45) is 2.60. The van der Waals surface area contributed by atoms with Crippen LogP contribution in [0.1, 0.15) is 28.8 Å². The van der Waals surface area contributed by atoms with Gasteiger partial charge in [-0.1, -0.05) is 0 Å². The van der Waals surface area contributed by atoms with E-state index in [2.05, 4.69) is 10.6 Å². The Bertz CT molecular complexity index is 560. The van der Waals surface area contributed by atoms with Crippen molar-refractivity contribution in [1.82, 2.24) is 10.6 Å². The summed E-state index contributed by atoms with van der Waals surface area (Å²) >= 11 is 0. The smallest absolute Gasteiger partial charge is 0.243 e. The SMILES string of the molecule is CNC1CCC(=O)NC1=O.N=Cc1cc(F)ccc1C=O. The molecule has 1 unspecified atom stereocenters. The van der Waals surface area contributed by atoms with Crippen molar-refractivity contribution >= 4 is 24.3 Å². The monoisotopic (exact) mass is 293 g/mol. The van der Waals surface area contributed by atoms with Crippen LogP contribution in [-0.2, 0) is 9.59 Å². The Hall–Kier alpha value is -2.41. The Morgan fingerprint density at radius 3 is 2.62 bits per heavy atom. The maximum Gasteiger partial charge on any atom is 0.243 e. The van der Waals surface area contributed by atoms with Gasteiger partial charge in [0.1, 0.15) is 5.82 Å². The van der Waals surface area contributed by atoms with Gasteiger partial charge in [0.25, 0.3) is 0 Å². The molecule has 1 aromatic rings. The second kappa shape index (κ2) is 8.01. The third kappa shape index (κ3) is 4.88. The third-order valence-electron chi connectivity index (χ3n) is 2.92. The zero-order valence-electron chi connectivity index (χ0n) is 11.5. The molecule has 1 fully saturated rings. The topological polar surface area (TPSA) is 99.1 Å². The lowest BCUT2D eigenvalue weighted by molar-refractivity contribution is -0.134. The number of carbonyl (C=O) groups excluding carboxylic acids is 3. The minimum absolute atomic E-state index is 0.170. The lowest BCUT2D eigenvalue weighted by Crippen LogP contribution is -2.49. The van der Waals surface area contributed by atoms with Gasteiger partial charge in [-0.3, -0.25) is 19.7 Å². The molecule has 6 nitrogen and oxygen atoms in total. The number of carbonyl (C=O) groups is 3. The van der Waals surface area contributed by atoms with E-state index >= 15 is 0 Å². The minimum Gasteiger partial charge on any atom is -0.309 e. The van der Waals surface area contributed by atoms with Gasteiger partial charge in [-0.15, -0.1) is 0 Å². The number of rotatable bonds is 3. The van der Waals surface area contributed by atoms with E-state index in [9.17, 15) is 18.8 Å². The van der Waals surface area contributed by atoms with Gasteiger partial charge in [-0.25, -0.2) is 4.39 Å². The summed E-state index contributed by atoms with van der Waals surface area (Å²) in [5.74, 6) is -0.815. The first-order valence-electron chi connectivity index (χ1n) is 6.28. The zero-order valence-corrected chi connectivity index (χ0v) is 11.5. The Kier molecular flexibility index (Phi) is 6.35. The highest BCUT2D eigenvalue weighted by atomic mass is 19.1. The molecule has 0 radical (unpaired) electrons. The van der Waals surface area contributed by atoms with Crippen molar-refractivity contribution in [1.29, 1.82) is 5.41 Å². The zero-order chi connectivity index (χ0) is 15.8. The van der Waals surface area contributed by atoms with Gasteiger partial charge in [0.05, 0.1) is 6.04 Å². The number of likely N-dealkylation sites (N-methyl/N-ethyl adjacent to an activating group) is 1. The van der Waals surface area contributed by atoms with Gasteiger partial charge >= 0.3 is 0 Å². The quantitative estimate of drug-likeness (QED) is 0.433. The van der Waals surface area contributed by atoms with E-state index in [1.54, 1.807) is 7.05 Å². The van der Waals surface area contributed by atoms with Crippen LogP contribution in [0.3, 0.4) is 0 Å². The maximum atomic E-state index is 12.5. The Labute approximate surface area is 121 Å². The molecule has 0 bridgehead atoms. The van der Waals surface area contributed by atoms with Gasteiger partial charge in [0.2, 0.25) is 11.8 Å². The maximum absolute atomic E-state index is 12.5. The molecule has 112 valence electrons. The first kappa shape index (κ1) is 16.6. The molecular weight excluding hydrogens is 277 g/mol. The molecule has 0 aromatic heterocycles. The number of piperidine rings is 1. The lowest BCUT2D eigenvalue weighted by atomic mass is 10.1. The number of imide groups is 1. The highest BCUT2D eigenvalue weighted by Crippen LogP contribution is 2.06. The van der Waals surface area contributed by atoms with E-state index in [-0.39, 0.29) is 17.9 Å². The average Bonchev–Trinajstić information content (AvgIpc) is 2.48. The van der Waals surface area contributed by atoms with Gasteiger partial charge in [0.15, 0.2) is 6.29 Å². The van der Waals surface area contributed by atoms with Gasteiger partial charge in [-0.2, -0.15) is 0 Å². The number of nitrogens with one attached hydrogen (secondary N) is 3. The van der Waals surface area contributed by atoms with Crippen LogP contribution in [0, 0.1) is 11.2 Å². The standard InChI is InChI=1S/C8H6FNO.C6H10N2O2/c9-8-2-1-6(5-11)7(3-8)4-10;1-7-4-2-3-5(9)8-6(4)10/h1-5,10H;4,7H,2-3H2,1H3,(H,8,9,10). The largest absolute Gasteiger partial charge is 0.309 e. The predicted octanol–water partition coefficient (Wildman–Crippen LogP) is 0.647. The van der Waals surface area contributed by atoms with Crippen molar-refractivity contribution < 1.29 is 18.8 Å². The fraction of sp³-hybridized carbons (Fsp3) is 0.286. The highest BCUT2D eigenvalue weighted by Gasteiger charge is 2.24. The summed E-state index contributed by atoms with van der Waals surface area (Å²) in [6, 6.07) is 3.51. The molecule has 2 rings (SSSR count). The Morgan fingerprint density at radius 1 is 1.38 bits per heavy atom. The number of amides is 2. The van der Waals surface area contributed by atoms with Crippen LogP contribution in [0.25, 0.3) is 0 Å². The fourth-order valence-electron chi connectivity index (χ4n) is 1.75. The summed E-state index contributed by atoms with van der Waals surface area (Å²) in [4.78, 5) is 31.7. The first-order valence-corrected chi connectivity index (χ1v) is 6.28. The number of hydrogen-bond acceptors (Lipinski definition) is 5. The predicted molar refractivity (Wildman–Crippen MR) is 74.9 cm³/mol. The molecule has 3 N–H and O–H groups in total. The molecule has 0 saturated carbocycles. The van der Waals surface area contributed by atoms with Crippen LogP contribution in [0.5, 0.6) is 0 Å². The van der Waals surface area contributed by atoms with Crippen LogP contribution >= 0.6 is 0 Å².